The Kier molecular flexibility index (Phi) is 5.12. The first-order valence-electron chi connectivity index (χ1n) is 9.07. The Morgan fingerprint density at radius 2 is 1.71 bits per heavy atom. The van der Waals surface area contributed by atoms with Crippen LogP contribution in [0.5, 0.6) is 0 Å². The van der Waals surface area contributed by atoms with Crippen LogP contribution in [0.3, 0.4) is 0 Å². The summed E-state index contributed by atoms with van der Waals surface area (Å²) < 4.78 is 0. The molecule has 0 unspecified atom stereocenters. The SMILES string of the molecule is Cc1nc(-c2c(C)csc2CC(=O)Cc2ccc(-c3ccncc3)cc2)n[nH]1. The fraction of sp³-hybridized carbons (Fsp3) is 0.182. The van der Waals surface area contributed by atoms with E-state index in [1.165, 1.54) is 0 Å². The highest BCUT2D eigenvalue weighted by Crippen LogP contribution is 2.31. The third-order valence-electron chi connectivity index (χ3n) is 4.60. The summed E-state index contributed by atoms with van der Waals surface area (Å²) in [5, 5.41) is 9.20. The fourth-order valence-corrected chi connectivity index (χ4v) is 4.26. The molecule has 5 nitrogen and oxygen atoms in total. The van der Waals surface area contributed by atoms with Crippen molar-refractivity contribution in [3.63, 3.8) is 0 Å². The molecule has 3 aromatic heterocycles. The van der Waals surface area contributed by atoms with Gasteiger partial charge < -0.3 is 0 Å². The van der Waals surface area contributed by atoms with E-state index in [1.54, 1.807) is 23.7 Å². The van der Waals surface area contributed by atoms with Crippen molar-refractivity contribution in [3.05, 3.63) is 76.0 Å². The number of hydrogen-bond acceptors (Lipinski definition) is 5. The predicted molar refractivity (Wildman–Crippen MR) is 111 cm³/mol. The number of hydrogen-bond donors (Lipinski definition) is 1. The Morgan fingerprint density at radius 1 is 1.00 bits per heavy atom. The highest BCUT2D eigenvalue weighted by Gasteiger charge is 2.17. The topological polar surface area (TPSA) is 71.5 Å². The fourth-order valence-electron chi connectivity index (χ4n) is 3.21. The summed E-state index contributed by atoms with van der Waals surface area (Å²) in [6.07, 6.45) is 4.37. The number of thiophene rings is 1. The molecule has 0 aliphatic carbocycles. The minimum atomic E-state index is 0.187. The van der Waals surface area contributed by atoms with Crippen LogP contribution in [-0.2, 0) is 17.6 Å². The van der Waals surface area contributed by atoms with E-state index < -0.39 is 0 Å². The van der Waals surface area contributed by atoms with Crippen LogP contribution in [0.2, 0.25) is 0 Å². The van der Waals surface area contributed by atoms with Gasteiger partial charge in [0.15, 0.2) is 5.82 Å². The molecule has 0 bridgehead atoms. The summed E-state index contributed by atoms with van der Waals surface area (Å²) in [7, 11) is 0. The number of ketones is 1. The van der Waals surface area contributed by atoms with Crippen molar-refractivity contribution in [1.29, 1.82) is 0 Å². The van der Waals surface area contributed by atoms with Crippen LogP contribution in [0.1, 0.15) is 21.8 Å². The molecule has 0 aliphatic rings. The van der Waals surface area contributed by atoms with Gasteiger partial charge in [-0.3, -0.25) is 14.9 Å². The van der Waals surface area contributed by atoms with Crippen LogP contribution >= 0.6 is 11.3 Å². The van der Waals surface area contributed by atoms with Gasteiger partial charge in [-0.2, -0.15) is 5.10 Å². The van der Waals surface area contributed by atoms with Gasteiger partial charge in [0.25, 0.3) is 0 Å². The van der Waals surface area contributed by atoms with Crippen LogP contribution in [0.4, 0.5) is 0 Å². The van der Waals surface area contributed by atoms with Crippen LogP contribution in [0.25, 0.3) is 22.5 Å². The maximum absolute atomic E-state index is 12.7. The number of Topliss-reactive ketones (excluding diaryl/α,β-unsaturated/α-hetero) is 1. The van der Waals surface area contributed by atoms with Crippen molar-refractivity contribution in [2.45, 2.75) is 26.7 Å². The number of benzene rings is 1. The maximum Gasteiger partial charge on any atom is 0.182 e. The first kappa shape index (κ1) is 18.3. The zero-order valence-corrected chi connectivity index (χ0v) is 16.6. The van der Waals surface area contributed by atoms with Crippen LogP contribution in [-0.4, -0.2) is 25.9 Å². The van der Waals surface area contributed by atoms with Gasteiger partial charge >= 0.3 is 0 Å². The van der Waals surface area contributed by atoms with Crippen molar-refractivity contribution in [2.24, 2.45) is 0 Å². The molecule has 1 N–H and O–H groups in total. The number of carbonyl (C=O) groups excluding carboxylic acids is 1. The van der Waals surface area contributed by atoms with Gasteiger partial charge in [-0.1, -0.05) is 24.3 Å². The summed E-state index contributed by atoms with van der Waals surface area (Å²) in [4.78, 5) is 22.2. The lowest BCUT2D eigenvalue weighted by molar-refractivity contribution is -0.117. The van der Waals surface area contributed by atoms with Crippen molar-refractivity contribution >= 4 is 17.1 Å². The predicted octanol–water partition coefficient (Wildman–Crippen LogP) is 4.57. The Labute approximate surface area is 167 Å². The number of carbonyl (C=O) groups is 1. The van der Waals surface area contributed by atoms with Crippen molar-refractivity contribution in [3.8, 4) is 22.5 Å². The lowest BCUT2D eigenvalue weighted by Crippen LogP contribution is -2.06. The lowest BCUT2D eigenvalue weighted by atomic mass is 10.0. The van der Waals surface area contributed by atoms with Gasteiger partial charge in [0.05, 0.1) is 0 Å². The number of pyridine rings is 1. The molecule has 0 amide bonds. The summed E-state index contributed by atoms with van der Waals surface area (Å²) in [5.41, 5.74) is 5.35. The molecular formula is C22H20N4OS. The van der Waals surface area contributed by atoms with Gasteiger partial charge in [0.2, 0.25) is 0 Å². The smallest absolute Gasteiger partial charge is 0.182 e. The first-order valence-corrected chi connectivity index (χ1v) is 9.95. The van der Waals surface area contributed by atoms with E-state index in [2.05, 4.69) is 37.7 Å². The van der Waals surface area contributed by atoms with E-state index in [4.69, 9.17) is 0 Å². The molecule has 6 heteroatoms. The second kappa shape index (κ2) is 7.86. The zero-order valence-electron chi connectivity index (χ0n) is 15.8. The van der Waals surface area contributed by atoms with E-state index in [9.17, 15) is 4.79 Å². The van der Waals surface area contributed by atoms with Gasteiger partial charge in [-0.25, -0.2) is 4.98 Å². The number of nitrogens with one attached hydrogen (secondary N) is 1. The minimum absolute atomic E-state index is 0.187. The molecule has 28 heavy (non-hydrogen) atoms. The average molecular weight is 388 g/mol. The largest absolute Gasteiger partial charge is 0.299 e. The number of aromatic nitrogens is 4. The molecule has 0 saturated carbocycles. The van der Waals surface area contributed by atoms with Crippen LogP contribution in [0.15, 0.2) is 54.2 Å². The number of nitrogens with zero attached hydrogens (tertiary/aromatic N) is 3. The minimum Gasteiger partial charge on any atom is -0.299 e. The monoisotopic (exact) mass is 388 g/mol. The number of aryl methyl sites for hydroxylation is 2. The molecule has 4 aromatic rings. The van der Waals surface area contributed by atoms with E-state index in [0.717, 1.165) is 38.5 Å². The molecule has 0 aliphatic heterocycles. The first-order chi connectivity index (χ1) is 13.6. The number of H-pyrrole nitrogens is 1. The standard InChI is InChI=1S/C22H20N4OS/c1-14-13-28-20(21(14)22-24-15(2)25-26-22)12-19(27)11-16-3-5-17(6-4-16)18-7-9-23-10-8-18/h3-10,13H,11-12H2,1-2H3,(H,24,25,26). The molecule has 0 radical (unpaired) electrons. The van der Waals surface area contributed by atoms with Gasteiger partial charge in [0, 0.05) is 35.7 Å². The van der Waals surface area contributed by atoms with E-state index in [0.29, 0.717) is 18.7 Å². The third kappa shape index (κ3) is 3.92. The van der Waals surface area contributed by atoms with Gasteiger partial charge in [-0.05, 0) is 53.6 Å². The molecule has 0 fully saturated rings. The zero-order chi connectivity index (χ0) is 19.5. The molecule has 3 heterocycles. The average Bonchev–Trinajstić information content (AvgIpc) is 3.28. The molecule has 0 saturated heterocycles. The molecular weight excluding hydrogens is 368 g/mol. The highest BCUT2D eigenvalue weighted by atomic mass is 32.1. The van der Waals surface area contributed by atoms with Gasteiger partial charge in [0.1, 0.15) is 11.6 Å². The summed E-state index contributed by atoms with van der Waals surface area (Å²) in [6, 6.07) is 12.1. The number of rotatable bonds is 6. The van der Waals surface area contributed by atoms with E-state index in [1.807, 2.05) is 38.1 Å². The van der Waals surface area contributed by atoms with E-state index >= 15 is 0 Å². The maximum atomic E-state index is 12.7. The molecule has 0 atom stereocenters. The summed E-state index contributed by atoms with van der Waals surface area (Å²) >= 11 is 1.60. The summed E-state index contributed by atoms with van der Waals surface area (Å²) in [6.45, 7) is 3.90. The molecule has 140 valence electrons. The quantitative estimate of drug-likeness (QED) is 0.525. The highest BCUT2D eigenvalue weighted by molar-refractivity contribution is 7.10. The second-order valence-electron chi connectivity index (χ2n) is 6.79. The lowest BCUT2D eigenvalue weighted by Gasteiger charge is -2.05. The van der Waals surface area contributed by atoms with Gasteiger partial charge in [-0.15, -0.1) is 11.3 Å². The summed E-state index contributed by atoms with van der Waals surface area (Å²) in [5.74, 6) is 1.62. The Hall–Kier alpha value is -3.12. The molecule has 4 rings (SSSR count). The Bertz CT molecular complexity index is 1100. The Morgan fingerprint density at radius 3 is 2.39 bits per heavy atom. The second-order valence-corrected chi connectivity index (χ2v) is 7.75. The molecule has 1 aromatic carbocycles. The Balaban J connectivity index is 1.47. The van der Waals surface area contributed by atoms with Crippen LogP contribution < -0.4 is 0 Å². The van der Waals surface area contributed by atoms with Crippen LogP contribution in [0, 0.1) is 13.8 Å². The number of aromatic amines is 1. The van der Waals surface area contributed by atoms with Crippen molar-refractivity contribution in [2.75, 3.05) is 0 Å². The molecule has 0 spiro atoms. The third-order valence-corrected chi connectivity index (χ3v) is 5.70. The van der Waals surface area contributed by atoms with Crippen molar-refractivity contribution < 1.29 is 4.79 Å². The normalized spacial score (nSPS) is 10.9. The van der Waals surface area contributed by atoms with E-state index in [-0.39, 0.29) is 5.78 Å². The van der Waals surface area contributed by atoms with Crippen molar-refractivity contribution in [1.82, 2.24) is 20.2 Å².